The molecule has 4 nitrogen and oxygen atoms in total. The van der Waals surface area contributed by atoms with Gasteiger partial charge in [0.15, 0.2) is 0 Å². The molecule has 2 heterocycles. The summed E-state index contributed by atoms with van der Waals surface area (Å²) in [6.45, 7) is 7.53. The summed E-state index contributed by atoms with van der Waals surface area (Å²) in [7, 11) is 0. The summed E-state index contributed by atoms with van der Waals surface area (Å²) < 4.78 is 7.86. The molecular formula is C18H27N2O2+. The first-order chi connectivity index (χ1) is 10.7. The van der Waals surface area contributed by atoms with Crippen LogP contribution in [-0.4, -0.2) is 41.6 Å². The van der Waals surface area contributed by atoms with E-state index in [1.807, 2.05) is 0 Å². The Morgan fingerprint density at radius 3 is 2.95 bits per heavy atom. The first kappa shape index (κ1) is 15.5. The lowest BCUT2D eigenvalue weighted by molar-refractivity contribution is -0.666. The number of benzene rings is 1. The van der Waals surface area contributed by atoms with Crippen LogP contribution in [0.15, 0.2) is 24.3 Å². The fourth-order valence-corrected chi connectivity index (χ4v) is 3.43. The van der Waals surface area contributed by atoms with Gasteiger partial charge in [-0.05, 0) is 38.3 Å². The molecular weight excluding hydrogens is 276 g/mol. The molecule has 4 heteroatoms. The average molecular weight is 303 g/mol. The minimum Gasteiger partial charge on any atom is -0.385 e. The zero-order valence-electron chi connectivity index (χ0n) is 13.6. The fourth-order valence-electron chi connectivity index (χ4n) is 3.43. The van der Waals surface area contributed by atoms with Gasteiger partial charge < -0.3 is 19.7 Å². The van der Waals surface area contributed by atoms with E-state index in [0.717, 1.165) is 26.1 Å². The predicted octanol–water partition coefficient (Wildman–Crippen LogP) is 1.36. The van der Waals surface area contributed by atoms with Gasteiger partial charge in [0.2, 0.25) is 0 Å². The lowest BCUT2D eigenvalue weighted by Crippen LogP contribution is -2.88. The van der Waals surface area contributed by atoms with E-state index >= 15 is 0 Å². The third kappa shape index (κ3) is 3.19. The molecule has 1 fully saturated rings. The minimum atomic E-state index is -0.338. The number of hydrogen-bond acceptors (Lipinski definition) is 2. The van der Waals surface area contributed by atoms with E-state index < -0.39 is 0 Å². The molecule has 1 aromatic carbocycles. The Kier molecular flexibility index (Phi) is 4.81. The van der Waals surface area contributed by atoms with Crippen LogP contribution in [0.2, 0.25) is 0 Å². The van der Waals surface area contributed by atoms with Crippen molar-refractivity contribution in [1.82, 2.24) is 4.57 Å². The van der Waals surface area contributed by atoms with Crippen molar-refractivity contribution >= 4 is 10.9 Å². The Labute approximate surface area is 132 Å². The SMILES string of the molecule is Cc1c(C)n(C[C@@H](O)C[NH2+]C[C@@H]2CCCO2)c2ccccc12. The molecule has 0 unspecified atom stereocenters. The number of aromatic nitrogens is 1. The second kappa shape index (κ2) is 6.82. The molecule has 0 saturated carbocycles. The standard InChI is InChI=1S/C18H26N2O2/c1-13-14(2)20(18-8-4-3-7-17(13)18)12-15(21)10-19-11-16-6-5-9-22-16/h3-4,7-8,15-16,19,21H,5-6,9-12H2,1-2H3/p+1/t15-,16-/m0/s1. The highest BCUT2D eigenvalue weighted by molar-refractivity contribution is 5.85. The van der Waals surface area contributed by atoms with Gasteiger partial charge in [0, 0.05) is 23.2 Å². The van der Waals surface area contributed by atoms with Crippen LogP contribution >= 0.6 is 0 Å². The van der Waals surface area contributed by atoms with Crippen LogP contribution in [0.3, 0.4) is 0 Å². The Morgan fingerprint density at radius 2 is 2.18 bits per heavy atom. The maximum Gasteiger partial charge on any atom is 0.121 e. The summed E-state index contributed by atoms with van der Waals surface area (Å²) in [6, 6.07) is 8.43. The van der Waals surface area contributed by atoms with Gasteiger partial charge in [0.25, 0.3) is 0 Å². The number of rotatable bonds is 6. The monoisotopic (exact) mass is 303 g/mol. The van der Waals surface area contributed by atoms with E-state index in [9.17, 15) is 5.11 Å². The highest BCUT2D eigenvalue weighted by Crippen LogP contribution is 2.24. The van der Waals surface area contributed by atoms with Crippen molar-refractivity contribution in [1.29, 1.82) is 0 Å². The normalized spacial score (nSPS) is 19.9. The van der Waals surface area contributed by atoms with Crippen molar-refractivity contribution in [2.45, 2.75) is 45.4 Å². The molecule has 3 rings (SSSR count). The molecule has 120 valence electrons. The van der Waals surface area contributed by atoms with Gasteiger partial charge >= 0.3 is 0 Å². The lowest BCUT2D eigenvalue weighted by Gasteiger charge is -2.15. The number of ether oxygens (including phenoxy) is 1. The van der Waals surface area contributed by atoms with Gasteiger partial charge in [-0.25, -0.2) is 0 Å². The second-order valence-corrected chi connectivity index (χ2v) is 6.39. The number of aryl methyl sites for hydroxylation is 1. The molecule has 2 atom stereocenters. The molecule has 2 aromatic rings. The molecule has 0 radical (unpaired) electrons. The maximum absolute atomic E-state index is 10.4. The molecule has 1 aromatic heterocycles. The largest absolute Gasteiger partial charge is 0.385 e. The Bertz CT molecular complexity index is 629. The van der Waals surface area contributed by atoms with Crippen LogP contribution in [-0.2, 0) is 11.3 Å². The Hall–Kier alpha value is -1.36. The summed E-state index contributed by atoms with van der Waals surface area (Å²) in [5, 5.41) is 13.9. The van der Waals surface area contributed by atoms with E-state index in [2.05, 4.69) is 48.0 Å². The first-order valence-corrected chi connectivity index (χ1v) is 8.32. The number of aliphatic hydroxyl groups excluding tert-OH is 1. The van der Waals surface area contributed by atoms with Crippen LogP contribution < -0.4 is 5.32 Å². The van der Waals surface area contributed by atoms with Gasteiger partial charge in [0.1, 0.15) is 25.3 Å². The molecule has 1 aliphatic heterocycles. The van der Waals surface area contributed by atoms with Crippen molar-refractivity contribution in [2.75, 3.05) is 19.7 Å². The summed E-state index contributed by atoms with van der Waals surface area (Å²) in [5.41, 5.74) is 3.78. The number of hydrogen-bond donors (Lipinski definition) is 2. The number of aliphatic hydroxyl groups is 1. The van der Waals surface area contributed by atoms with Gasteiger partial charge in [-0.3, -0.25) is 0 Å². The first-order valence-electron chi connectivity index (χ1n) is 8.32. The average Bonchev–Trinajstić information content (AvgIpc) is 3.11. The molecule has 1 saturated heterocycles. The highest BCUT2D eigenvalue weighted by Gasteiger charge is 2.19. The van der Waals surface area contributed by atoms with E-state index in [0.29, 0.717) is 12.6 Å². The maximum atomic E-state index is 10.4. The van der Waals surface area contributed by atoms with Crippen LogP contribution in [0, 0.1) is 13.8 Å². The lowest BCUT2D eigenvalue weighted by atomic mass is 10.2. The Morgan fingerprint density at radius 1 is 1.36 bits per heavy atom. The third-order valence-electron chi connectivity index (χ3n) is 4.83. The summed E-state index contributed by atoms with van der Waals surface area (Å²) in [5.74, 6) is 0. The topological polar surface area (TPSA) is 51.0 Å². The van der Waals surface area contributed by atoms with E-state index in [-0.39, 0.29) is 6.10 Å². The molecule has 22 heavy (non-hydrogen) atoms. The molecule has 0 aliphatic carbocycles. The van der Waals surface area contributed by atoms with Gasteiger partial charge in [0.05, 0.1) is 6.54 Å². The molecule has 0 spiro atoms. The number of nitrogens with zero attached hydrogens (tertiary/aromatic N) is 1. The van der Waals surface area contributed by atoms with Gasteiger partial charge in [-0.1, -0.05) is 18.2 Å². The number of nitrogens with two attached hydrogens (primary N) is 1. The smallest absolute Gasteiger partial charge is 0.121 e. The number of para-hydroxylation sites is 1. The molecule has 3 N–H and O–H groups in total. The summed E-state index contributed by atoms with van der Waals surface area (Å²) >= 11 is 0. The third-order valence-corrected chi connectivity index (χ3v) is 4.83. The minimum absolute atomic E-state index is 0.338. The van der Waals surface area contributed by atoms with Crippen LogP contribution in [0.1, 0.15) is 24.1 Å². The van der Waals surface area contributed by atoms with Gasteiger partial charge in [-0.2, -0.15) is 0 Å². The number of fused-ring (bicyclic) bond motifs is 1. The fraction of sp³-hybridized carbons (Fsp3) is 0.556. The second-order valence-electron chi connectivity index (χ2n) is 6.39. The number of quaternary nitrogens is 1. The van der Waals surface area contributed by atoms with Crippen LogP contribution in [0.4, 0.5) is 0 Å². The van der Waals surface area contributed by atoms with E-state index in [4.69, 9.17) is 4.74 Å². The van der Waals surface area contributed by atoms with Gasteiger partial charge in [-0.15, -0.1) is 0 Å². The van der Waals surface area contributed by atoms with Crippen LogP contribution in [0.25, 0.3) is 10.9 Å². The molecule has 0 bridgehead atoms. The highest BCUT2D eigenvalue weighted by atomic mass is 16.5. The molecule has 1 aliphatic rings. The van der Waals surface area contributed by atoms with Crippen LogP contribution in [0.5, 0.6) is 0 Å². The quantitative estimate of drug-likeness (QED) is 0.846. The Balaban J connectivity index is 1.61. The molecule has 0 amide bonds. The van der Waals surface area contributed by atoms with Crippen molar-refractivity contribution in [2.24, 2.45) is 0 Å². The van der Waals surface area contributed by atoms with Crippen molar-refractivity contribution in [3.05, 3.63) is 35.5 Å². The van der Waals surface area contributed by atoms with E-state index in [1.54, 1.807) is 0 Å². The van der Waals surface area contributed by atoms with Crippen molar-refractivity contribution < 1.29 is 15.2 Å². The van der Waals surface area contributed by atoms with Crippen molar-refractivity contribution in [3.63, 3.8) is 0 Å². The summed E-state index contributed by atoms with van der Waals surface area (Å²) in [4.78, 5) is 0. The predicted molar refractivity (Wildman–Crippen MR) is 88.1 cm³/mol. The summed E-state index contributed by atoms with van der Waals surface area (Å²) in [6.07, 6.45) is 2.38. The van der Waals surface area contributed by atoms with E-state index in [1.165, 1.54) is 28.6 Å². The zero-order chi connectivity index (χ0) is 15.5. The zero-order valence-corrected chi connectivity index (χ0v) is 13.6. The van der Waals surface area contributed by atoms with Crippen molar-refractivity contribution in [3.8, 4) is 0 Å².